The smallest absolute Gasteiger partial charge is 0.340 e. The van der Waals surface area contributed by atoms with E-state index in [1.807, 2.05) is 36.4 Å². The molecule has 3 aromatic rings. The summed E-state index contributed by atoms with van der Waals surface area (Å²) in [7, 11) is 3.15. The Labute approximate surface area is 140 Å². The number of carbonyl (C=O) groups is 1. The van der Waals surface area contributed by atoms with Crippen LogP contribution in [0.5, 0.6) is 11.5 Å². The van der Waals surface area contributed by atoms with Crippen molar-refractivity contribution in [2.75, 3.05) is 20.8 Å². The van der Waals surface area contributed by atoms with Crippen molar-refractivity contribution < 1.29 is 19.0 Å². The third-order valence-corrected chi connectivity index (χ3v) is 3.84. The second kappa shape index (κ2) is 6.66. The van der Waals surface area contributed by atoms with Crippen molar-refractivity contribution >= 4 is 16.9 Å². The lowest BCUT2D eigenvalue weighted by Crippen LogP contribution is -2.05. The minimum absolute atomic E-state index is 0.313. The van der Waals surface area contributed by atoms with Gasteiger partial charge in [-0.15, -0.1) is 0 Å². The van der Waals surface area contributed by atoms with Crippen molar-refractivity contribution in [2.45, 2.75) is 6.92 Å². The summed E-state index contributed by atoms with van der Waals surface area (Å²) in [6, 6.07) is 13.3. The van der Waals surface area contributed by atoms with Gasteiger partial charge in [0.2, 0.25) is 0 Å². The van der Waals surface area contributed by atoms with Crippen LogP contribution in [-0.4, -0.2) is 31.8 Å². The molecule has 1 N–H and O–H groups in total. The van der Waals surface area contributed by atoms with Crippen LogP contribution in [0, 0.1) is 0 Å². The number of methoxy groups -OCH3 is 2. The topological polar surface area (TPSA) is 60.6 Å². The zero-order chi connectivity index (χ0) is 17.1. The lowest BCUT2D eigenvalue weighted by atomic mass is 10.0. The molecule has 5 heteroatoms. The minimum Gasteiger partial charge on any atom is -0.493 e. The number of carbonyl (C=O) groups excluding carboxylic acids is 1. The molecular weight excluding hydrogens is 306 g/mol. The summed E-state index contributed by atoms with van der Waals surface area (Å²) in [5.41, 5.74) is 2.92. The summed E-state index contributed by atoms with van der Waals surface area (Å²) < 4.78 is 16.0. The molecule has 0 bridgehead atoms. The molecule has 0 radical (unpaired) electrons. The van der Waals surface area contributed by atoms with E-state index in [-0.39, 0.29) is 5.97 Å². The first-order valence-corrected chi connectivity index (χ1v) is 7.69. The number of benzene rings is 2. The van der Waals surface area contributed by atoms with Gasteiger partial charge in [-0.25, -0.2) is 4.79 Å². The number of aromatic amines is 1. The standard InChI is InChI=1S/C19H19NO4/c1-4-24-19(21)17-13-10-15(22-2)16(23-3)11-14(13)20-18(17)12-8-6-5-7-9-12/h5-11,20H,4H2,1-3H3. The predicted molar refractivity (Wildman–Crippen MR) is 92.8 cm³/mol. The summed E-state index contributed by atoms with van der Waals surface area (Å²) in [6.45, 7) is 2.10. The molecule has 0 saturated heterocycles. The second-order valence-corrected chi connectivity index (χ2v) is 5.21. The van der Waals surface area contributed by atoms with Crippen LogP contribution < -0.4 is 9.47 Å². The molecule has 0 aliphatic rings. The Kier molecular flexibility index (Phi) is 4.42. The number of aromatic nitrogens is 1. The number of rotatable bonds is 5. The first-order chi connectivity index (χ1) is 11.7. The fraction of sp³-hybridized carbons (Fsp3) is 0.211. The van der Waals surface area contributed by atoms with Gasteiger partial charge in [0.15, 0.2) is 11.5 Å². The maximum Gasteiger partial charge on any atom is 0.340 e. The highest BCUT2D eigenvalue weighted by atomic mass is 16.5. The Bertz CT molecular complexity index is 868. The van der Waals surface area contributed by atoms with E-state index in [2.05, 4.69) is 4.98 Å². The van der Waals surface area contributed by atoms with Gasteiger partial charge in [0.1, 0.15) is 0 Å². The van der Waals surface area contributed by atoms with Gasteiger partial charge in [-0.05, 0) is 18.6 Å². The summed E-state index contributed by atoms with van der Waals surface area (Å²) in [5.74, 6) is 0.797. The van der Waals surface area contributed by atoms with E-state index in [1.165, 1.54) is 0 Å². The molecule has 0 aliphatic heterocycles. The molecule has 0 spiro atoms. The van der Waals surface area contributed by atoms with Gasteiger partial charge in [-0.1, -0.05) is 30.3 Å². The Morgan fingerprint density at radius 1 is 1.04 bits per heavy atom. The third kappa shape index (κ3) is 2.69. The van der Waals surface area contributed by atoms with Crippen LogP contribution in [0.25, 0.3) is 22.2 Å². The molecule has 5 nitrogen and oxygen atoms in total. The molecule has 24 heavy (non-hydrogen) atoms. The van der Waals surface area contributed by atoms with Crippen molar-refractivity contribution in [3.63, 3.8) is 0 Å². The molecule has 0 saturated carbocycles. The van der Waals surface area contributed by atoms with Gasteiger partial charge in [0, 0.05) is 11.5 Å². The van der Waals surface area contributed by atoms with Gasteiger partial charge in [0.25, 0.3) is 0 Å². The van der Waals surface area contributed by atoms with Crippen molar-refractivity contribution in [1.29, 1.82) is 0 Å². The Balaban J connectivity index is 2.30. The first-order valence-electron chi connectivity index (χ1n) is 7.69. The monoisotopic (exact) mass is 325 g/mol. The van der Waals surface area contributed by atoms with Gasteiger partial charge in [-0.2, -0.15) is 0 Å². The van der Waals surface area contributed by atoms with Crippen LogP contribution in [0.1, 0.15) is 17.3 Å². The molecule has 0 amide bonds. The summed E-state index contributed by atoms with van der Waals surface area (Å²) in [5, 5.41) is 0.741. The molecule has 0 unspecified atom stereocenters. The Morgan fingerprint density at radius 3 is 2.33 bits per heavy atom. The van der Waals surface area contributed by atoms with Gasteiger partial charge < -0.3 is 19.2 Å². The molecule has 3 rings (SSSR count). The van der Waals surface area contributed by atoms with Crippen LogP contribution in [0.15, 0.2) is 42.5 Å². The molecule has 0 aliphatic carbocycles. The molecule has 0 fully saturated rings. The molecule has 2 aromatic carbocycles. The number of hydrogen-bond acceptors (Lipinski definition) is 4. The summed E-state index contributed by atoms with van der Waals surface area (Å²) in [6.07, 6.45) is 0. The van der Waals surface area contributed by atoms with Gasteiger partial charge in [0.05, 0.1) is 37.6 Å². The summed E-state index contributed by atoms with van der Waals surface area (Å²) in [4.78, 5) is 15.9. The van der Waals surface area contributed by atoms with Crippen LogP contribution >= 0.6 is 0 Å². The van der Waals surface area contributed by atoms with Gasteiger partial charge >= 0.3 is 5.97 Å². The largest absolute Gasteiger partial charge is 0.493 e. The van der Waals surface area contributed by atoms with Crippen molar-refractivity contribution in [2.24, 2.45) is 0 Å². The maximum absolute atomic E-state index is 12.6. The lowest BCUT2D eigenvalue weighted by molar-refractivity contribution is 0.0529. The molecule has 1 aromatic heterocycles. The van der Waals surface area contributed by atoms with E-state index in [9.17, 15) is 4.79 Å². The van der Waals surface area contributed by atoms with Crippen LogP contribution in [0.4, 0.5) is 0 Å². The average molecular weight is 325 g/mol. The zero-order valence-corrected chi connectivity index (χ0v) is 13.9. The fourth-order valence-electron chi connectivity index (χ4n) is 2.76. The van der Waals surface area contributed by atoms with E-state index in [0.29, 0.717) is 23.7 Å². The molecular formula is C19H19NO4. The second-order valence-electron chi connectivity index (χ2n) is 5.21. The molecule has 0 atom stereocenters. The van der Waals surface area contributed by atoms with Crippen LogP contribution in [0.2, 0.25) is 0 Å². The highest BCUT2D eigenvalue weighted by Crippen LogP contribution is 2.37. The third-order valence-electron chi connectivity index (χ3n) is 3.84. The van der Waals surface area contributed by atoms with E-state index in [0.717, 1.165) is 22.2 Å². The minimum atomic E-state index is -0.366. The van der Waals surface area contributed by atoms with E-state index in [1.54, 1.807) is 27.2 Å². The maximum atomic E-state index is 12.6. The molecule has 1 heterocycles. The van der Waals surface area contributed by atoms with Gasteiger partial charge in [-0.3, -0.25) is 0 Å². The highest BCUT2D eigenvalue weighted by molar-refractivity contribution is 6.10. The SMILES string of the molecule is CCOC(=O)c1c(-c2ccccc2)[nH]c2cc(OC)c(OC)cc12. The number of esters is 1. The van der Waals surface area contributed by atoms with Crippen molar-refractivity contribution in [3.8, 4) is 22.8 Å². The number of nitrogens with one attached hydrogen (secondary N) is 1. The zero-order valence-electron chi connectivity index (χ0n) is 13.9. The Morgan fingerprint density at radius 2 is 1.71 bits per heavy atom. The van der Waals surface area contributed by atoms with E-state index in [4.69, 9.17) is 14.2 Å². The van der Waals surface area contributed by atoms with Crippen LogP contribution in [-0.2, 0) is 4.74 Å². The van der Waals surface area contributed by atoms with Crippen molar-refractivity contribution in [1.82, 2.24) is 4.98 Å². The first kappa shape index (κ1) is 15.9. The average Bonchev–Trinajstić information content (AvgIpc) is 2.99. The predicted octanol–water partition coefficient (Wildman–Crippen LogP) is 4.03. The number of hydrogen-bond donors (Lipinski definition) is 1. The van der Waals surface area contributed by atoms with Crippen molar-refractivity contribution in [3.05, 3.63) is 48.0 Å². The quantitative estimate of drug-likeness (QED) is 0.720. The van der Waals surface area contributed by atoms with Crippen LogP contribution in [0.3, 0.4) is 0 Å². The summed E-state index contributed by atoms with van der Waals surface area (Å²) >= 11 is 0. The van der Waals surface area contributed by atoms with E-state index < -0.39 is 0 Å². The Hall–Kier alpha value is -2.95. The lowest BCUT2D eigenvalue weighted by Gasteiger charge is -2.08. The number of fused-ring (bicyclic) bond motifs is 1. The number of H-pyrrole nitrogens is 1. The molecule has 124 valence electrons. The highest BCUT2D eigenvalue weighted by Gasteiger charge is 2.22. The number of ether oxygens (including phenoxy) is 3. The fourth-order valence-corrected chi connectivity index (χ4v) is 2.76. The van der Waals surface area contributed by atoms with E-state index >= 15 is 0 Å². The normalized spacial score (nSPS) is 10.6.